The van der Waals surface area contributed by atoms with Crippen molar-refractivity contribution in [3.05, 3.63) is 24.3 Å². The second-order valence-electron chi connectivity index (χ2n) is 6.04. The van der Waals surface area contributed by atoms with Crippen LogP contribution >= 0.6 is 0 Å². The van der Waals surface area contributed by atoms with Gasteiger partial charge < -0.3 is 10.2 Å². The van der Waals surface area contributed by atoms with Crippen LogP contribution in [0.1, 0.15) is 33.6 Å². The summed E-state index contributed by atoms with van der Waals surface area (Å²) in [5.74, 6) is 0.411. The third-order valence-electron chi connectivity index (χ3n) is 3.48. The van der Waals surface area contributed by atoms with E-state index >= 15 is 0 Å². The van der Waals surface area contributed by atoms with E-state index in [1.807, 2.05) is 24.3 Å². The zero-order valence-corrected chi connectivity index (χ0v) is 11.7. The Morgan fingerprint density at radius 2 is 1.78 bits per heavy atom. The molecule has 98 valence electrons. The average molecular weight is 246 g/mol. The molecule has 0 spiro atoms. The molecule has 0 saturated heterocycles. The van der Waals surface area contributed by atoms with E-state index in [0.29, 0.717) is 0 Å². The Kier molecular flexibility index (Phi) is 3.33. The highest BCUT2D eigenvalue weighted by Gasteiger charge is 2.29. The molecule has 0 heterocycles. The Hall–Kier alpha value is -1.51. The molecule has 0 unspecified atom stereocenters. The summed E-state index contributed by atoms with van der Waals surface area (Å²) in [5, 5.41) is 2.95. The largest absolute Gasteiger partial charge is 0.370 e. The monoisotopic (exact) mass is 246 g/mol. The number of carbonyl (C=O) groups excluding carboxylic acids is 1. The predicted molar refractivity (Wildman–Crippen MR) is 76.0 cm³/mol. The lowest BCUT2D eigenvalue weighted by Gasteiger charge is -2.34. The Labute approximate surface area is 109 Å². The summed E-state index contributed by atoms with van der Waals surface area (Å²) >= 11 is 0. The second kappa shape index (κ2) is 4.63. The molecule has 0 radical (unpaired) electrons. The van der Waals surface area contributed by atoms with Crippen LogP contribution in [0.25, 0.3) is 0 Å². The third kappa shape index (κ3) is 3.03. The molecule has 1 aromatic carbocycles. The molecule has 1 aliphatic rings. The normalized spacial score (nSPS) is 15.3. The van der Waals surface area contributed by atoms with E-state index in [-0.39, 0.29) is 17.4 Å². The fraction of sp³-hybridized carbons (Fsp3) is 0.533. The zero-order chi connectivity index (χ0) is 13.3. The predicted octanol–water partition coefficient (Wildman–Crippen LogP) is 3.27. The fourth-order valence-electron chi connectivity index (χ4n) is 1.75. The lowest BCUT2D eigenvalue weighted by molar-refractivity contribution is -0.117. The highest BCUT2D eigenvalue weighted by Crippen LogP contribution is 2.30. The van der Waals surface area contributed by atoms with Crippen LogP contribution in [0.5, 0.6) is 0 Å². The molecule has 0 aromatic heterocycles. The number of nitrogens with one attached hydrogen (secondary N) is 1. The molecule has 3 nitrogen and oxygen atoms in total. The minimum absolute atomic E-state index is 0.0960. The molecule has 1 N–H and O–H groups in total. The quantitative estimate of drug-likeness (QED) is 0.887. The van der Waals surface area contributed by atoms with Crippen molar-refractivity contribution in [3.8, 4) is 0 Å². The molecular formula is C15H22N2O. The van der Waals surface area contributed by atoms with Gasteiger partial charge in [0.15, 0.2) is 0 Å². The van der Waals surface area contributed by atoms with Gasteiger partial charge in [-0.2, -0.15) is 0 Å². The molecule has 1 amide bonds. The number of anilines is 2. The van der Waals surface area contributed by atoms with Crippen molar-refractivity contribution in [2.75, 3.05) is 17.3 Å². The van der Waals surface area contributed by atoms with Crippen LogP contribution in [-0.4, -0.2) is 18.5 Å². The van der Waals surface area contributed by atoms with Gasteiger partial charge in [0.1, 0.15) is 0 Å². The first-order valence-electron chi connectivity index (χ1n) is 6.53. The van der Waals surface area contributed by atoms with E-state index in [1.165, 1.54) is 0 Å². The van der Waals surface area contributed by atoms with E-state index in [2.05, 4.69) is 38.0 Å². The van der Waals surface area contributed by atoms with Gasteiger partial charge in [-0.25, -0.2) is 0 Å². The van der Waals surface area contributed by atoms with E-state index in [4.69, 9.17) is 0 Å². The Balaban J connectivity index is 2.03. The van der Waals surface area contributed by atoms with Crippen LogP contribution in [0.4, 0.5) is 11.4 Å². The van der Waals surface area contributed by atoms with Crippen LogP contribution in [0.15, 0.2) is 24.3 Å². The fourth-order valence-corrected chi connectivity index (χ4v) is 1.75. The molecule has 1 aliphatic carbocycles. The molecule has 2 rings (SSSR count). The molecule has 1 fully saturated rings. The molecule has 0 aliphatic heterocycles. The van der Waals surface area contributed by atoms with Gasteiger partial charge in [0.05, 0.1) is 0 Å². The van der Waals surface area contributed by atoms with Gasteiger partial charge in [0.25, 0.3) is 0 Å². The van der Waals surface area contributed by atoms with Crippen molar-refractivity contribution in [1.82, 2.24) is 0 Å². The number of nitrogens with zero attached hydrogens (tertiary/aromatic N) is 1. The highest BCUT2D eigenvalue weighted by molar-refractivity contribution is 5.94. The maximum Gasteiger partial charge on any atom is 0.227 e. The Morgan fingerprint density at radius 1 is 1.22 bits per heavy atom. The standard InChI is InChI=1S/C15H22N2O/c1-15(2,3)17(4)13-9-7-12(8-10-13)16-14(18)11-5-6-11/h7-11H,5-6H2,1-4H3,(H,16,18). The zero-order valence-electron chi connectivity index (χ0n) is 11.7. The van der Waals surface area contributed by atoms with Crippen molar-refractivity contribution in [2.24, 2.45) is 5.92 Å². The van der Waals surface area contributed by atoms with Crippen LogP contribution in [0, 0.1) is 5.92 Å². The van der Waals surface area contributed by atoms with Gasteiger partial charge in [0.2, 0.25) is 5.91 Å². The Bertz CT molecular complexity index is 427. The van der Waals surface area contributed by atoms with Crippen molar-refractivity contribution < 1.29 is 4.79 Å². The lowest BCUT2D eigenvalue weighted by Crippen LogP contribution is -2.37. The minimum atomic E-state index is 0.0960. The lowest BCUT2D eigenvalue weighted by atomic mass is 10.1. The first-order valence-corrected chi connectivity index (χ1v) is 6.53. The summed E-state index contributed by atoms with van der Waals surface area (Å²) in [7, 11) is 2.08. The third-order valence-corrected chi connectivity index (χ3v) is 3.48. The van der Waals surface area contributed by atoms with E-state index in [0.717, 1.165) is 24.2 Å². The summed E-state index contributed by atoms with van der Waals surface area (Å²) in [6.07, 6.45) is 2.08. The van der Waals surface area contributed by atoms with Crippen molar-refractivity contribution >= 4 is 17.3 Å². The summed E-state index contributed by atoms with van der Waals surface area (Å²) in [4.78, 5) is 13.9. The van der Waals surface area contributed by atoms with Gasteiger partial charge in [-0.15, -0.1) is 0 Å². The minimum Gasteiger partial charge on any atom is -0.370 e. The molecule has 1 saturated carbocycles. The maximum atomic E-state index is 11.6. The van der Waals surface area contributed by atoms with Gasteiger partial charge in [-0.05, 0) is 57.9 Å². The van der Waals surface area contributed by atoms with Crippen LogP contribution < -0.4 is 10.2 Å². The smallest absolute Gasteiger partial charge is 0.227 e. The number of amides is 1. The van der Waals surface area contributed by atoms with Crippen molar-refractivity contribution in [1.29, 1.82) is 0 Å². The van der Waals surface area contributed by atoms with Gasteiger partial charge in [-0.1, -0.05) is 0 Å². The summed E-state index contributed by atoms with van der Waals surface area (Å²) < 4.78 is 0. The van der Waals surface area contributed by atoms with Gasteiger partial charge in [0, 0.05) is 29.9 Å². The molecule has 18 heavy (non-hydrogen) atoms. The number of benzene rings is 1. The number of rotatable bonds is 3. The molecule has 3 heteroatoms. The molecule has 0 atom stereocenters. The first-order chi connectivity index (χ1) is 8.38. The maximum absolute atomic E-state index is 11.6. The number of hydrogen-bond acceptors (Lipinski definition) is 2. The van der Waals surface area contributed by atoms with Crippen LogP contribution in [0.3, 0.4) is 0 Å². The average Bonchev–Trinajstić information content (AvgIpc) is 3.11. The number of hydrogen-bond donors (Lipinski definition) is 1. The van der Waals surface area contributed by atoms with Gasteiger partial charge in [-0.3, -0.25) is 4.79 Å². The summed E-state index contributed by atoms with van der Waals surface area (Å²) in [6.45, 7) is 6.53. The van der Waals surface area contributed by atoms with Gasteiger partial charge >= 0.3 is 0 Å². The Morgan fingerprint density at radius 3 is 2.22 bits per heavy atom. The van der Waals surface area contributed by atoms with Crippen molar-refractivity contribution in [2.45, 2.75) is 39.2 Å². The summed E-state index contributed by atoms with van der Waals surface area (Å²) in [5.41, 5.74) is 2.14. The molecule has 0 bridgehead atoms. The summed E-state index contributed by atoms with van der Waals surface area (Å²) in [6, 6.07) is 8.04. The number of carbonyl (C=O) groups is 1. The van der Waals surface area contributed by atoms with Crippen LogP contribution in [0.2, 0.25) is 0 Å². The topological polar surface area (TPSA) is 32.3 Å². The second-order valence-corrected chi connectivity index (χ2v) is 6.04. The van der Waals surface area contributed by atoms with E-state index in [9.17, 15) is 4.79 Å². The molecular weight excluding hydrogens is 224 g/mol. The van der Waals surface area contributed by atoms with E-state index in [1.54, 1.807) is 0 Å². The van der Waals surface area contributed by atoms with Crippen LogP contribution in [-0.2, 0) is 4.79 Å². The van der Waals surface area contributed by atoms with Crippen molar-refractivity contribution in [3.63, 3.8) is 0 Å². The SMILES string of the molecule is CN(c1ccc(NC(=O)C2CC2)cc1)C(C)(C)C. The first kappa shape index (κ1) is 12.9. The highest BCUT2D eigenvalue weighted by atomic mass is 16.2. The molecule has 1 aromatic rings. The van der Waals surface area contributed by atoms with E-state index < -0.39 is 0 Å².